The maximum Gasteiger partial charge on any atom is 0.276 e. The minimum atomic E-state index is -0.609. The van der Waals surface area contributed by atoms with Crippen molar-refractivity contribution >= 4 is 51.1 Å². The van der Waals surface area contributed by atoms with E-state index < -0.39 is 16.7 Å². The maximum atomic E-state index is 11.7. The summed E-state index contributed by atoms with van der Waals surface area (Å²) in [4.78, 5) is 33.6. The second-order valence-corrected chi connectivity index (χ2v) is 6.38. The van der Waals surface area contributed by atoms with Crippen molar-refractivity contribution in [2.24, 2.45) is 0 Å². The van der Waals surface area contributed by atoms with Gasteiger partial charge in [-0.05, 0) is 45.8 Å². The Kier molecular flexibility index (Phi) is 7.33. The number of nitrogens with zero attached hydrogens (tertiary/aromatic N) is 1. The van der Waals surface area contributed by atoms with E-state index in [0.717, 1.165) is 6.08 Å². The molecule has 0 aliphatic rings. The summed E-state index contributed by atoms with van der Waals surface area (Å²) in [6.45, 7) is -0.324. The number of halogens is 2. The van der Waals surface area contributed by atoms with Gasteiger partial charge in [-0.15, -0.1) is 0 Å². The fourth-order valence-electron chi connectivity index (χ4n) is 1.86. The fraction of sp³-hybridized carbons (Fsp3) is 0.0588. The van der Waals surface area contributed by atoms with Gasteiger partial charge in [-0.25, -0.2) is 0 Å². The molecule has 2 aromatic carbocycles. The Bertz CT molecular complexity index is 904. The average Bonchev–Trinajstić information content (AvgIpc) is 2.64. The van der Waals surface area contributed by atoms with Gasteiger partial charge in [0, 0.05) is 23.2 Å². The Morgan fingerprint density at radius 1 is 1.22 bits per heavy atom. The number of hydrogen-bond donors (Lipinski definition) is 2. The number of carbonyl (C=O) groups is 2. The van der Waals surface area contributed by atoms with Gasteiger partial charge in [-0.3, -0.25) is 30.6 Å². The minimum Gasteiger partial charge on any atom is -0.483 e. The minimum absolute atomic E-state index is 0.0867. The van der Waals surface area contributed by atoms with E-state index in [2.05, 4.69) is 26.8 Å². The number of rotatable bonds is 6. The molecule has 0 atom stereocenters. The first-order valence-corrected chi connectivity index (χ1v) is 8.61. The molecule has 8 nitrogen and oxygen atoms in total. The Labute approximate surface area is 167 Å². The molecule has 0 spiro atoms. The summed E-state index contributed by atoms with van der Waals surface area (Å²) in [7, 11) is 0. The van der Waals surface area contributed by atoms with Crippen LogP contribution in [0.2, 0.25) is 5.02 Å². The van der Waals surface area contributed by atoms with Gasteiger partial charge in [0.25, 0.3) is 17.5 Å². The lowest BCUT2D eigenvalue weighted by Gasteiger charge is -2.09. The average molecular weight is 455 g/mol. The summed E-state index contributed by atoms with van der Waals surface area (Å²) in [6, 6.07) is 10.6. The molecule has 0 saturated heterocycles. The van der Waals surface area contributed by atoms with E-state index in [0.29, 0.717) is 20.8 Å². The van der Waals surface area contributed by atoms with E-state index >= 15 is 0 Å². The monoisotopic (exact) mass is 453 g/mol. The zero-order valence-corrected chi connectivity index (χ0v) is 16.0. The van der Waals surface area contributed by atoms with Gasteiger partial charge in [-0.2, -0.15) is 0 Å². The van der Waals surface area contributed by atoms with Gasteiger partial charge >= 0.3 is 0 Å². The van der Waals surface area contributed by atoms with E-state index in [-0.39, 0.29) is 12.3 Å². The molecule has 0 bridgehead atoms. The summed E-state index contributed by atoms with van der Waals surface area (Å²) in [5.74, 6) is -0.761. The van der Waals surface area contributed by atoms with E-state index in [4.69, 9.17) is 16.3 Å². The number of hydrazine groups is 1. The molecule has 2 N–H and O–H groups in total. The molecule has 2 aromatic rings. The molecule has 10 heteroatoms. The van der Waals surface area contributed by atoms with Crippen LogP contribution >= 0.6 is 27.5 Å². The van der Waals surface area contributed by atoms with Crippen LogP contribution in [0, 0.1) is 10.1 Å². The van der Waals surface area contributed by atoms with Crippen LogP contribution < -0.4 is 15.6 Å². The lowest BCUT2D eigenvalue weighted by molar-refractivity contribution is -0.384. The van der Waals surface area contributed by atoms with Crippen molar-refractivity contribution in [2.75, 3.05) is 6.61 Å². The number of nitro groups is 1. The van der Waals surface area contributed by atoms with Gasteiger partial charge in [0.15, 0.2) is 6.61 Å². The first-order valence-electron chi connectivity index (χ1n) is 7.44. The molecule has 0 aliphatic carbocycles. The number of nitro benzene ring substituents is 1. The lowest BCUT2D eigenvalue weighted by atomic mass is 10.2. The Morgan fingerprint density at radius 2 is 2.00 bits per heavy atom. The number of hydrogen-bond acceptors (Lipinski definition) is 5. The first-order chi connectivity index (χ1) is 12.8. The van der Waals surface area contributed by atoms with Gasteiger partial charge in [-0.1, -0.05) is 23.7 Å². The summed E-state index contributed by atoms with van der Waals surface area (Å²) < 4.78 is 5.89. The molecule has 0 unspecified atom stereocenters. The molecule has 2 amide bonds. The molecule has 0 aromatic heterocycles. The van der Waals surface area contributed by atoms with Crippen molar-refractivity contribution in [2.45, 2.75) is 0 Å². The van der Waals surface area contributed by atoms with Gasteiger partial charge in [0.2, 0.25) is 0 Å². The molecular weight excluding hydrogens is 442 g/mol. The van der Waals surface area contributed by atoms with Gasteiger partial charge in [0.05, 0.1) is 9.40 Å². The highest BCUT2D eigenvalue weighted by Gasteiger charge is 2.07. The van der Waals surface area contributed by atoms with E-state index in [1.165, 1.54) is 24.3 Å². The van der Waals surface area contributed by atoms with E-state index in [1.807, 2.05) is 0 Å². The molecule has 140 valence electrons. The van der Waals surface area contributed by atoms with Crippen LogP contribution in [0.25, 0.3) is 6.08 Å². The summed E-state index contributed by atoms with van der Waals surface area (Å²) in [5, 5.41) is 11.2. The van der Waals surface area contributed by atoms with Crippen LogP contribution in [0.1, 0.15) is 5.56 Å². The summed E-state index contributed by atoms with van der Waals surface area (Å²) in [6.07, 6.45) is 2.52. The second-order valence-electron chi connectivity index (χ2n) is 5.09. The van der Waals surface area contributed by atoms with Crippen LogP contribution in [0.5, 0.6) is 5.75 Å². The SMILES string of the molecule is O=C(/C=C/c1cccc([N+](=O)[O-])c1)NNC(=O)COc1ccc(Cl)cc1Br. The number of carbonyl (C=O) groups excluding carboxylic acids is 2. The van der Waals surface area contributed by atoms with Crippen LogP contribution in [0.15, 0.2) is 53.0 Å². The van der Waals surface area contributed by atoms with E-state index in [9.17, 15) is 19.7 Å². The van der Waals surface area contributed by atoms with Crippen molar-refractivity contribution < 1.29 is 19.2 Å². The standard InChI is InChI=1S/C17H13BrClN3O5/c18-14-9-12(19)5-6-15(14)27-10-17(24)21-20-16(23)7-4-11-2-1-3-13(8-11)22(25)26/h1-9H,10H2,(H,20,23)(H,21,24)/b7-4+. The van der Waals surface area contributed by atoms with E-state index in [1.54, 1.807) is 24.3 Å². The first kappa shape index (κ1) is 20.4. The van der Waals surface area contributed by atoms with Crippen LogP contribution in [-0.2, 0) is 9.59 Å². The molecule has 2 rings (SSSR count). The Hall–Kier alpha value is -2.91. The van der Waals surface area contributed by atoms with Crippen molar-refractivity contribution in [3.05, 3.63) is 73.7 Å². The number of amides is 2. The second kappa shape index (κ2) is 9.70. The lowest BCUT2D eigenvalue weighted by Crippen LogP contribution is -2.43. The Balaban J connectivity index is 1.80. The molecule has 0 aliphatic heterocycles. The molecule has 0 saturated carbocycles. The topological polar surface area (TPSA) is 111 Å². The van der Waals surface area contributed by atoms with Gasteiger partial charge < -0.3 is 4.74 Å². The molecule has 27 heavy (non-hydrogen) atoms. The number of nitrogens with one attached hydrogen (secondary N) is 2. The highest BCUT2D eigenvalue weighted by molar-refractivity contribution is 9.10. The largest absolute Gasteiger partial charge is 0.483 e. The molecule has 0 fully saturated rings. The molecular formula is C17H13BrClN3O5. The zero-order valence-electron chi connectivity index (χ0n) is 13.6. The number of ether oxygens (including phenoxy) is 1. The van der Waals surface area contributed by atoms with Crippen molar-refractivity contribution in [1.82, 2.24) is 10.9 Å². The predicted molar refractivity (Wildman–Crippen MR) is 103 cm³/mol. The van der Waals surface area contributed by atoms with Crippen molar-refractivity contribution in [3.63, 3.8) is 0 Å². The highest BCUT2D eigenvalue weighted by atomic mass is 79.9. The highest BCUT2D eigenvalue weighted by Crippen LogP contribution is 2.27. The maximum absolute atomic E-state index is 11.7. The van der Waals surface area contributed by atoms with Crippen molar-refractivity contribution in [3.8, 4) is 5.75 Å². The third kappa shape index (κ3) is 6.72. The quantitative estimate of drug-likeness (QED) is 0.395. The van der Waals surface area contributed by atoms with Crippen LogP contribution in [0.3, 0.4) is 0 Å². The third-order valence-corrected chi connectivity index (χ3v) is 3.94. The smallest absolute Gasteiger partial charge is 0.276 e. The summed E-state index contributed by atoms with van der Waals surface area (Å²) in [5.41, 5.74) is 4.75. The zero-order chi connectivity index (χ0) is 19.8. The normalized spacial score (nSPS) is 10.4. The molecule has 0 radical (unpaired) electrons. The number of benzene rings is 2. The predicted octanol–water partition coefficient (Wildman–Crippen LogP) is 3.25. The van der Waals surface area contributed by atoms with Crippen molar-refractivity contribution in [1.29, 1.82) is 0 Å². The van der Waals surface area contributed by atoms with Crippen LogP contribution in [-0.4, -0.2) is 23.3 Å². The fourth-order valence-corrected chi connectivity index (χ4v) is 2.66. The molecule has 0 heterocycles. The summed E-state index contributed by atoms with van der Waals surface area (Å²) >= 11 is 9.06. The van der Waals surface area contributed by atoms with Crippen LogP contribution in [0.4, 0.5) is 5.69 Å². The Morgan fingerprint density at radius 3 is 2.70 bits per heavy atom. The number of non-ortho nitro benzene ring substituents is 1. The van der Waals surface area contributed by atoms with Gasteiger partial charge in [0.1, 0.15) is 5.75 Å². The third-order valence-electron chi connectivity index (χ3n) is 3.09.